The fraction of sp³-hybridized carbons (Fsp3) is 0.261. The van der Waals surface area contributed by atoms with Gasteiger partial charge in [0.2, 0.25) is 0 Å². The molecule has 0 spiro atoms. The standard InChI is InChI=1S/C23H25N5O2/c1-23(2)15-28(3)19-13-17(6-7-20(19)30-23)27-22(29)18-5-4-10-25-21(18)26-14-16-8-11-24-12-9-16/h4-13H,14-15H2,1-3H3,(H,25,26)(H,27,29). The van der Waals surface area contributed by atoms with Gasteiger partial charge in [0.1, 0.15) is 17.2 Å². The minimum absolute atomic E-state index is 0.222. The van der Waals surface area contributed by atoms with Crippen molar-refractivity contribution in [3.05, 3.63) is 72.2 Å². The maximum Gasteiger partial charge on any atom is 0.259 e. The molecule has 0 atom stereocenters. The minimum Gasteiger partial charge on any atom is -0.484 e. The molecule has 4 rings (SSSR count). The summed E-state index contributed by atoms with van der Waals surface area (Å²) in [6.45, 7) is 5.44. The Balaban J connectivity index is 1.50. The van der Waals surface area contributed by atoms with Crippen molar-refractivity contribution in [3.8, 4) is 5.75 Å². The van der Waals surface area contributed by atoms with E-state index in [1.165, 1.54) is 0 Å². The van der Waals surface area contributed by atoms with Crippen LogP contribution in [0.1, 0.15) is 29.8 Å². The van der Waals surface area contributed by atoms with Crippen molar-refractivity contribution in [2.45, 2.75) is 26.0 Å². The number of fused-ring (bicyclic) bond motifs is 1. The number of benzene rings is 1. The maximum atomic E-state index is 13.0. The van der Waals surface area contributed by atoms with Crippen molar-refractivity contribution in [1.29, 1.82) is 0 Å². The van der Waals surface area contributed by atoms with Gasteiger partial charge in [0, 0.05) is 37.9 Å². The molecule has 1 amide bonds. The van der Waals surface area contributed by atoms with E-state index >= 15 is 0 Å². The van der Waals surface area contributed by atoms with Crippen molar-refractivity contribution in [1.82, 2.24) is 9.97 Å². The number of carbonyl (C=O) groups excluding carboxylic acids is 1. The van der Waals surface area contributed by atoms with Gasteiger partial charge in [0.25, 0.3) is 5.91 Å². The van der Waals surface area contributed by atoms with Crippen molar-refractivity contribution in [2.24, 2.45) is 0 Å². The summed E-state index contributed by atoms with van der Waals surface area (Å²) in [6, 6.07) is 13.0. The third-order valence-corrected chi connectivity index (χ3v) is 4.89. The SMILES string of the molecule is CN1CC(C)(C)Oc2ccc(NC(=O)c3cccnc3NCc3ccncc3)cc21. The number of nitrogens with one attached hydrogen (secondary N) is 2. The second kappa shape index (κ2) is 8.02. The Hall–Kier alpha value is -3.61. The first kappa shape index (κ1) is 19.7. The number of amides is 1. The molecule has 154 valence electrons. The summed E-state index contributed by atoms with van der Waals surface area (Å²) in [4.78, 5) is 23.4. The molecule has 0 fully saturated rings. The highest BCUT2D eigenvalue weighted by atomic mass is 16.5. The number of anilines is 3. The van der Waals surface area contributed by atoms with Crippen LogP contribution in [0, 0.1) is 0 Å². The largest absolute Gasteiger partial charge is 0.484 e. The first-order valence-electron chi connectivity index (χ1n) is 9.85. The van der Waals surface area contributed by atoms with Crippen LogP contribution in [0.5, 0.6) is 5.75 Å². The summed E-state index contributed by atoms with van der Waals surface area (Å²) in [5.74, 6) is 1.12. The predicted molar refractivity (Wildman–Crippen MR) is 118 cm³/mol. The topological polar surface area (TPSA) is 79.4 Å². The molecule has 3 heterocycles. The average molecular weight is 403 g/mol. The van der Waals surface area contributed by atoms with Crippen LogP contribution >= 0.6 is 0 Å². The second-order valence-electron chi connectivity index (χ2n) is 7.96. The van der Waals surface area contributed by atoms with Gasteiger partial charge in [-0.2, -0.15) is 0 Å². The highest BCUT2D eigenvalue weighted by Gasteiger charge is 2.30. The predicted octanol–water partition coefficient (Wildman–Crippen LogP) is 3.95. The molecule has 7 nitrogen and oxygen atoms in total. The molecule has 2 N–H and O–H groups in total. The van der Waals surface area contributed by atoms with Crippen molar-refractivity contribution in [2.75, 3.05) is 29.1 Å². The summed E-state index contributed by atoms with van der Waals surface area (Å²) >= 11 is 0. The molecule has 0 bridgehead atoms. The van der Waals surface area contributed by atoms with Gasteiger partial charge in [-0.3, -0.25) is 9.78 Å². The molecule has 1 aliphatic rings. The molecule has 7 heteroatoms. The number of nitrogens with zero attached hydrogens (tertiary/aromatic N) is 3. The van der Waals surface area contributed by atoms with Gasteiger partial charge >= 0.3 is 0 Å². The van der Waals surface area contributed by atoms with Crippen LogP contribution in [0.25, 0.3) is 0 Å². The van der Waals surface area contributed by atoms with E-state index in [0.29, 0.717) is 23.6 Å². The van der Waals surface area contributed by atoms with E-state index in [2.05, 4.69) is 39.3 Å². The van der Waals surface area contributed by atoms with Gasteiger partial charge in [-0.05, 0) is 61.9 Å². The molecule has 0 saturated carbocycles. The number of pyridine rings is 2. The number of hydrogen-bond donors (Lipinski definition) is 2. The molecular formula is C23H25N5O2. The Morgan fingerprint density at radius 1 is 1.17 bits per heavy atom. The fourth-order valence-corrected chi connectivity index (χ4v) is 3.58. The van der Waals surface area contributed by atoms with Gasteiger partial charge in [-0.25, -0.2) is 4.98 Å². The van der Waals surface area contributed by atoms with Crippen LogP contribution in [0.4, 0.5) is 17.2 Å². The van der Waals surface area contributed by atoms with Crippen LogP contribution in [0.3, 0.4) is 0 Å². The zero-order valence-corrected chi connectivity index (χ0v) is 17.3. The van der Waals surface area contributed by atoms with Crippen LogP contribution in [-0.4, -0.2) is 35.1 Å². The highest BCUT2D eigenvalue weighted by Crippen LogP contribution is 2.38. The van der Waals surface area contributed by atoms with Crippen molar-refractivity contribution >= 4 is 23.1 Å². The van der Waals surface area contributed by atoms with Crippen LogP contribution < -0.4 is 20.3 Å². The minimum atomic E-state index is -0.252. The number of hydrogen-bond acceptors (Lipinski definition) is 6. The molecule has 0 saturated heterocycles. The lowest BCUT2D eigenvalue weighted by molar-refractivity contribution is 0.102. The lowest BCUT2D eigenvalue weighted by Gasteiger charge is -2.39. The summed E-state index contributed by atoms with van der Waals surface area (Å²) in [6.07, 6.45) is 5.14. The summed E-state index contributed by atoms with van der Waals surface area (Å²) in [5.41, 5.74) is 2.95. The lowest BCUT2D eigenvalue weighted by atomic mass is 10.1. The third-order valence-electron chi connectivity index (χ3n) is 4.89. The molecule has 0 unspecified atom stereocenters. The molecular weight excluding hydrogens is 378 g/mol. The number of likely N-dealkylation sites (N-methyl/N-ethyl adjacent to an activating group) is 1. The Morgan fingerprint density at radius 3 is 2.77 bits per heavy atom. The quantitative estimate of drug-likeness (QED) is 0.672. The number of carbonyl (C=O) groups is 1. The Labute approximate surface area is 176 Å². The van der Waals surface area contributed by atoms with Crippen LogP contribution in [0.2, 0.25) is 0 Å². The van der Waals surface area contributed by atoms with E-state index in [1.54, 1.807) is 30.7 Å². The molecule has 1 aliphatic heterocycles. The van der Waals surface area contributed by atoms with Gasteiger partial charge in [-0.1, -0.05) is 0 Å². The Bertz CT molecular complexity index is 1050. The lowest BCUT2D eigenvalue weighted by Crippen LogP contribution is -2.45. The van der Waals surface area contributed by atoms with Crippen molar-refractivity contribution < 1.29 is 9.53 Å². The number of ether oxygens (including phenoxy) is 1. The van der Waals surface area contributed by atoms with Gasteiger partial charge in [-0.15, -0.1) is 0 Å². The first-order chi connectivity index (χ1) is 14.4. The summed E-state index contributed by atoms with van der Waals surface area (Å²) in [7, 11) is 2.02. The molecule has 1 aromatic carbocycles. The normalized spacial score (nSPS) is 14.4. The second-order valence-corrected chi connectivity index (χ2v) is 7.96. The average Bonchev–Trinajstić information content (AvgIpc) is 2.73. The zero-order chi connectivity index (χ0) is 21.1. The van der Waals surface area contributed by atoms with E-state index in [4.69, 9.17) is 4.74 Å². The van der Waals surface area contributed by atoms with E-state index in [-0.39, 0.29) is 11.5 Å². The Morgan fingerprint density at radius 2 is 1.97 bits per heavy atom. The summed E-state index contributed by atoms with van der Waals surface area (Å²) < 4.78 is 6.05. The molecule has 2 aromatic heterocycles. The Kier molecular flexibility index (Phi) is 5.27. The number of aromatic nitrogens is 2. The monoisotopic (exact) mass is 403 g/mol. The first-order valence-corrected chi connectivity index (χ1v) is 9.85. The van der Waals surface area contributed by atoms with E-state index in [9.17, 15) is 4.79 Å². The molecule has 3 aromatic rings. The molecule has 0 radical (unpaired) electrons. The highest BCUT2D eigenvalue weighted by molar-refractivity contribution is 6.07. The third kappa shape index (κ3) is 4.35. The maximum absolute atomic E-state index is 13.0. The van der Waals surface area contributed by atoms with Gasteiger partial charge in [0.15, 0.2) is 0 Å². The van der Waals surface area contributed by atoms with E-state index < -0.39 is 0 Å². The zero-order valence-electron chi connectivity index (χ0n) is 17.3. The van der Waals surface area contributed by atoms with Gasteiger partial charge < -0.3 is 20.3 Å². The van der Waals surface area contributed by atoms with Gasteiger partial charge in [0.05, 0.1) is 17.8 Å². The van der Waals surface area contributed by atoms with Crippen LogP contribution in [0.15, 0.2) is 61.1 Å². The molecule has 0 aliphatic carbocycles. The molecule has 30 heavy (non-hydrogen) atoms. The summed E-state index contributed by atoms with van der Waals surface area (Å²) in [5, 5.41) is 6.21. The van der Waals surface area contributed by atoms with Crippen LogP contribution in [-0.2, 0) is 6.54 Å². The smallest absolute Gasteiger partial charge is 0.259 e. The van der Waals surface area contributed by atoms with E-state index in [0.717, 1.165) is 23.5 Å². The van der Waals surface area contributed by atoms with Crippen molar-refractivity contribution in [3.63, 3.8) is 0 Å². The number of rotatable bonds is 5. The van der Waals surface area contributed by atoms with E-state index in [1.807, 2.05) is 37.4 Å². The fourth-order valence-electron chi connectivity index (χ4n) is 3.58.